The Balaban J connectivity index is 1.69. The van der Waals surface area contributed by atoms with Crippen LogP contribution in [-0.4, -0.2) is 14.5 Å². The lowest BCUT2D eigenvalue weighted by Gasteiger charge is -2.10. The zero-order valence-electron chi connectivity index (χ0n) is 17.4. The molecule has 0 bridgehead atoms. The molecule has 0 atom stereocenters. The quantitative estimate of drug-likeness (QED) is 0.325. The Bertz CT molecular complexity index is 2000. The molecule has 0 spiro atoms. The Labute approximate surface area is 188 Å². The molecular formula is C26H13F2N3O3. The molecule has 34 heavy (non-hydrogen) atoms. The Hall–Kier alpha value is -4.59. The number of benzene rings is 2. The first kappa shape index (κ1) is 18.9. The zero-order valence-corrected chi connectivity index (χ0v) is 17.4. The van der Waals surface area contributed by atoms with E-state index in [4.69, 9.17) is 8.83 Å². The number of rotatable bonds is 2. The van der Waals surface area contributed by atoms with E-state index in [2.05, 4.69) is 9.97 Å². The number of halogens is 2. The van der Waals surface area contributed by atoms with Gasteiger partial charge in [-0.05, 0) is 42.5 Å². The first-order valence-corrected chi connectivity index (χ1v) is 10.5. The molecule has 0 N–H and O–H groups in total. The first-order chi connectivity index (χ1) is 16.6. The standard InChI is InChI=1S/C26H13F2N3O3/c27-15-9-13-3-1-6-29-22(13)14(10-15)12-31-19-11-18(28)16-5-8-33-24(16)21(19)20-17-4-2-7-30-25(17)34-26(32)23(20)31/h1-11H,12H2. The molecule has 0 radical (unpaired) electrons. The van der Waals surface area contributed by atoms with Crippen molar-refractivity contribution in [2.75, 3.05) is 0 Å². The highest BCUT2D eigenvalue weighted by molar-refractivity contribution is 6.25. The van der Waals surface area contributed by atoms with Crippen molar-refractivity contribution in [3.05, 3.63) is 94.8 Å². The molecule has 0 amide bonds. The van der Waals surface area contributed by atoms with Gasteiger partial charge in [-0.2, -0.15) is 0 Å². The van der Waals surface area contributed by atoms with Crippen LogP contribution in [-0.2, 0) is 6.54 Å². The number of hydrogen-bond donors (Lipinski definition) is 0. The van der Waals surface area contributed by atoms with Crippen molar-refractivity contribution < 1.29 is 17.6 Å². The van der Waals surface area contributed by atoms with Crippen LogP contribution in [0.3, 0.4) is 0 Å². The van der Waals surface area contributed by atoms with Crippen molar-refractivity contribution in [3.8, 4) is 0 Å². The molecule has 0 aliphatic rings. The molecule has 164 valence electrons. The maximum absolute atomic E-state index is 15.1. The third-order valence-electron chi connectivity index (χ3n) is 6.22. The third kappa shape index (κ3) is 2.50. The van der Waals surface area contributed by atoms with Crippen molar-refractivity contribution >= 4 is 54.8 Å². The minimum Gasteiger partial charge on any atom is -0.463 e. The number of pyridine rings is 2. The monoisotopic (exact) mass is 453 g/mol. The van der Waals surface area contributed by atoms with E-state index in [1.54, 1.807) is 41.1 Å². The van der Waals surface area contributed by atoms with Gasteiger partial charge in [0.2, 0.25) is 5.71 Å². The van der Waals surface area contributed by atoms with E-state index in [1.165, 1.54) is 30.7 Å². The average Bonchev–Trinajstić information content (AvgIpc) is 3.44. The lowest BCUT2D eigenvalue weighted by Crippen LogP contribution is -2.09. The minimum absolute atomic E-state index is 0.0630. The molecular weight excluding hydrogens is 440 g/mol. The van der Waals surface area contributed by atoms with Crippen LogP contribution < -0.4 is 5.63 Å². The Morgan fingerprint density at radius 1 is 0.941 bits per heavy atom. The molecule has 0 fully saturated rings. The van der Waals surface area contributed by atoms with E-state index in [9.17, 15) is 9.18 Å². The van der Waals surface area contributed by atoms with Crippen molar-refractivity contribution in [1.29, 1.82) is 0 Å². The lowest BCUT2D eigenvalue weighted by atomic mass is 10.1. The van der Waals surface area contributed by atoms with Crippen molar-refractivity contribution in [1.82, 2.24) is 14.5 Å². The zero-order chi connectivity index (χ0) is 23.0. The summed E-state index contributed by atoms with van der Waals surface area (Å²) < 4.78 is 42.4. The molecule has 6 nitrogen and oxygen atoms in total. The highest BCUT2D eigenvalue weighted by Crippen LogP contribution is 2.39. The Morgan fingerprint density at radius 2 is 1.79 bits per heavy atom. The molecule has 0 aliphatic heterocycles. The number of furan rings is 1. The fourth-order valence-corrected chi connectivity index (χ4v) is 4.86. The van der Waals surface area contributed by atoms with E-state index in [0.29, 0.717) is 49.1 Å². The molecule has 5 heterocycles. The largest absolute Gasteiger partial charge is 0.463 e. The molecule has 0 saturated carbocycles. The summed E-state index contributed by atoms with van der Waals surface area (Å²) in [4.78, 5) is 21.8. The van der Waals surface area contributed by atoms with Crippen LogP contribution >= 0.6 is 0 Å². The predicted octanol–water partition coefficient (Wildman–Crippen LogP) is 5.92. The predicted molar refractivity (Wildman–Crippen MR) is 124 cm³/mol. The highest BCUT2D eigenvalue weighted by Gasteiger charge is 2.24. The van der Waals surface area contributed by atoms with Gasteiger partial charge in [-0.25, -0.2) is 18.6 Å². The van der Waals surface area contributed by atoms with Crippen LogP contribution in [0, 0.1) is 11.6 Å². The maximum atomic E-state index is 15.1. The first-order valence-electron chi connectivity index (χ1n) is 10.5. The summed E-state index contributed by atoms with van der Waals surface area (Å²) in [6.45, 7) is 0.0630. The van der Waals surface area contributed by atoms with E-state index >= 15 is 4.39 Å². The fourth-order valence-electron chi connectivity index (χ4n) is 4.86. The molecule has 0 unspecified atom stereocenters. The molecule has 2 aromatic carbocycles. The molecule has 8 heteroatoms. The summed E-state index contributed by atoms with van der Waals surface area (Å²) in [7, 11) is 0. The Kier molecular flexibility index (Phi) is 3.73. The molecule has 7 rings (SSSR count). The summed E-state index contributed by atoms with van der Waals surface area (Å²) in [5, 5.41) is 2.63. The van der Waals surface area contributed by atoms with Gasteiger partial charge in [0.15, 0.2) is 0 Å². The van der Waals surface area contributed by atoms with E-state index in [-0.39, 0.29) is 17.8 Å². The van der Waals surface area contributed by atoms with Gasteiger partial charge in [-0.1, -0.05) is 6.07 Å². The van der Waals surface area contributed by atoms with Crippen molar-refractivity contribution in [2.45, 2.75) is 6.54 Å². The number of nitrogens with zero attached hydrogens (tertiary/aromatic N) is 3. The van der Waals surface area contributed by atoms with Gasteiger partial charge in [-0.15, -0.1) is 0 Å². The van der Waals surface area contributed by atoms with Crippen molar-refractivity contribution in [2.24, 2.45) is 0 Å². The van der Waals surface area contributed by atoms with Gasteiger partial charge >= 0.3 is 5.63 Å². The van der Waals surface area contributed by atoms with Crippen LogP contribution in [0.4, 0.5) is 8.78 Å². The second kappa shape index (κ2) is 6.71. The second-order valence-electron chi connectivity index (χ2n) is 8.11. The van der Waals surface area contributed by atoms with Gasteiger partial charge < -0.3 is 13.4 Å². The van der Waals surface area contributed by atoms with Crippen LogP contribution in [0.1, 0.15) is 5.56 Å². The Morgan fingerprint density at radius 3 is 2.71 bits per heavy atom. The second-order valence-corrected chi connectivity index (χ2v) is 8.11. The van der Waals surface area contributed by atoms with Gasteiger partial charge in [0.25, 0.3) is 0 Å². The number of hydrogen-bond acceptors (Lipinski definition) is 5. The number of fused-ring (bicyclic) bond motifs is 8. The van der Waals surface area contributed by atoms with E-state index in [1.807, 2.05) is 0 Å². The maximum Gasteiger partial charge on any atom is 0.362 e. The highest BCUT2D eigenvalue weighted by atomic mass is 19.1. The summed E-state index contributed by atoms with van der Waals surface area (Å²) in [5.74, 6) is -0.924. The smallest absolute Gasteiger partial charge is 0.362 e. The summed E-state index contributed by atoms with van der Waals surface area (Å²) in [6.07, 6.45) is 4.56. The average molecular weight is 453 g/mol. The fraction of sp³-hybridized carbons (Fsp3) is 0.0385. The SMILES string of the molecule is O=c1oc2ncccc2c2c3c4occc4c(F)cc3n(Cc3cc(F)cc4cccnc34)c12. The van der Waals surface area contributed by atoms with Crippen LogP contribution in [0.25, 0.3) is 54.8 Å². The summed E-state index contributed by atoms with van der Waals surface area (Å²) in [5.41, 5.74) is 1.62. The third-order valence-corrected chi connectivity index (χ3v) is 6.22. The van der Waals surface area contributed by atoms with E-state index in [0.717, 1.165) is 0 Å². The lowest BCUT2D eigenvalue weighted by molar-refractivity contribution is 0.553. The van der Waals surface area contributed by atoms with Gasteiger partial charge in [0.05, 0.1) is 34.6 Å². The van der Waals surface area contributed by atoms with Crippen LogP contribution in [0.2, 0.25) is 0 Å². The topological polar surface area (TPSA) is 74.1 Å². The molecule has 0 aliphatic carbocycles. The van der Waals surface area contributed by atoms with Gasteiger partial charge in [0.1, 0.15) is 22.7 Å². The minimum atomic E-state index is -0.633. The van der Waals surface area contributed by atoms with E-state index < -0.39 is 17.3 Å². The van der Waals surface area contributed by atoms with Crippen LogP contribution in [0.15, 0.2) is 80.8 Å². The number of aromatic nitrogens is 3. The molecule has 5 aromatic heterocycles. The normalized spacial score (nSPS) is 12.1. The van der Waals surface area contributed by atoms with Crippen LogP contribution in [0.5, 0.6) is 0 Å². The summed E-state index contributed by atoms with van der Waals surface area (Å²) >= 11 is 0. The van der Waals surface area contributed by atoms with Gasteiger partial charge in [-0.3, -0.25) is 4.98 Å². The van der Waals surface area contributed by atoms with Gasteiger partial charge in [0, 0.05) is 34.1 Å². The van der Waals surface area contributed by atoms with Crippen molar-refractivity contribution in [3.63, 3.8) is 0 Å². The molecule has 0 saturated heterocycles. The molecule has 7 aromatic rings. The summed E-state index contributed by atoms with van der Waals surface area (Å²) in [6, 6.07) is 12.7.